The van der Waals surface area contributed by atoms with Crippen LogP contribution in [0.15, 0.2) is 33.2 Å². The maximum atomic E-state index is 12.6. The third-order valence-electron chi connectivity index (χ3n) is 2.26. The average molecular weight is 652 g/mol. The van der Waals surface area contributed by atoms with Gasteiger partial charge in [-0.05, 0) is 44.0 Å². The molecule has 0 N–H and O–H groups in total. The zero-order valence-electron chi connectivity index (χ0n) is 12.1. The van der Waals surface area contributed by atoms with Crippen molar-refractivity contribution in [1.29, 1.82) is 15.8 Å². The van der Waals surface area contributed by atoms with Crippen molar-refractivity contribution in [1.82, 2.24) is 0 Å². The molecule has 0 spiro atoms. The first-order valence-electron chi connectivity index (χ1n) is 5.61. The van der Waals surface area contributed by atoms with Crippen LogP contribution in [-0.2, 0) is 17.1 Å². The molecule has 0 heterocycles. The van der Waals surface area contributed by atoms with Crippen molar-refractivity contribution in [3.05, 3.63) is 74.2 Å². The smallest absolute Gasteiger partial charge is 1.00 e. The van der Waals surface area contributed by atoms with Crippen LogP contribution in [0, 0.1) is 57.8 Å². The van der Waals surface area contributed by atoms with Crippen molar-refractivity contribution in [2.75, 3.05) is 0 Å². The molecule has 0 unspecified atom stereocenters. The van der Waals surface area contributed by atoms with E-state index in [1.54, 1.807) is 0 Å². The van der Waals surface area contributed by atoms with Crippen LogP contribution in [0.1, 0.15) is 11.1 Å². The van der Waals surface area contributed by atoms with Crippen LogP contribution < -0.4 is 24.0 Å². The second-order valence-electron chi connectivity index (χ2n) is 3.72. The minimum Gasteiger partial charge on any atom is -1.00 e. The van der Waals surface area contributed by atoms with E-state index in [9.17, 15) is 17.6 Å². The normalized spacial score (nSPS) is 7.92. The number of nitrogens with zero attached hydrogens (tertiary/aromatic N) is 3. The molecule has 26 heavy (non-hydrogen) atoms. The number of nitriles is 2. The summed E-state index contributed by atoms with van der Waals surface area (Å²) in [5, 5.41) is 22.9. The fourth-order valence-electron chi connectivity index (χ4n) is 1.22. The first kappa shape index (κ1) is 29.6. The largest absolute Gasteiger partial charge is 1.00 e. The molecule has 0 saturated carbocycles. The maximum Gasteiger partial charge on any atom is 1.00 e. The molecule has 0 aliphatic heterocycles. The summed E-state index contributed by atoms with van der Waals surface area (Å²) in [6, 6.07) is 6.55. The molecule has 2 aromatic rings. The van der Waals surface area contributed by atoms with Crippen LogP contribution in [0.2, 0.25) is 0 Å². The fourth-order valence-corrected chi connectivity index (χ4v) is 2.21. The number of halogens is 7. The Labute approximate surface area is 191 Å². The van der Waals surface area contributed by atoms with E-state index >= 15 is 0 Å². The molecule has 140 valence electrons. The van der Waals surface area contributed by atoms with Crippen molar-refractivity contribution in [2.45, 2.75) is 0 Å². The van der Waals surface area contributed by atoms with Crippen molar-refractivity contribution < 1.29 is 58.6 Å². The van der Waals surface area contributed by atoms with E-state index in [0.29, 0.717) is 6.07 Å². The quantitative estimate of drug-likeness (QED) is 0.144. The molecule has 0 aliphatic carbocycles. The topological polar surface area (TPSA) is 71.4 Å². The van der Waals surface area contributed by atoms with Gasteiger partial charge in [0.15, 0.2) is 0 Å². The number of rotatable bonds is 0. The standard InChI is InChI=1S/C8H2F2N2.C6H2Br2F2.CN.Cu.HI/c9-7-2-8(10)6(4-12)1-5(7)3-11;7-3-1-4(8)6(10)2-5(3)9;1-2;;/h1-2H;1-2H;;;1H/q;;-1;+1;/p-1. The molecule has 0 saturated heterocycles. The Hall–Kier alpha value is -1.16. The SMILES string of the molecule is Fc1cc(F)c(Br)cc1Br.N#Cc1cc(C#N)c(F)cc1F.[C-]#N.[Cu+].[I-]. The van der Waals surface area contributed by atoms with Gasteiger partial charge in [-0.15, -0.1) is 0 Å². The Kier molecular flexibility index (Phi) is 17.0. The maximum absolute atomic E-state index is 12.6. The van der Waals surface area contributed by atoms with E-state index in [-0.39, 0.29) is 61.1 Å². The molecule has 11 heteroatoms. The zero-order valence-corrected chi connectivity index (χ0v) is 18.4. The van der Waals surface area contributed by atoms with Crippen molar-refractivity contribution >= 4 is 31.9 Å². The van der Waals surface area contributed by atoms with Crippen molar-refractivity contribution in [3.63, 3.8) is 0 Å². The minimum absolute atomic E-state index is 0. The van der Waals surface area contributed by atoms with Crippen LogP contribution in [0.4, 0.5) is 17.6 Å². The Balaban J connectivity index is -0.000000350. The second kappa shape index (κ2) is 15.0. The molecule has 0 amide bonds. The molecular weight excluding hydrogens is 648 g/mol. The van der Waals surface area contributed by atoms with Crippen LogP contribution >= 0.6 is 31.9 Å². The monoisotopic (exact) mass is 650 g/mol. The van der Waals surface area contributed by atoms with Crippen LogP contribution in [0.25, 0.3) is 0 Å². The van der Waals surface area contributed by atoms with Crippen LogP contribution in [-0.4, -0.2) is 0 Å². The first-order valence-corrected chi connectivity index (χ1v) is 7.20. The van der Waals surface area contributed by atoms with Gasteiger partial charge in [-0.2, -0.15) is 10.5 Å². The summed E-state index contributed by atoms with van der Waals surface area (Å²) < 4.78 is 50.6. The molecule has 0 atom stereocenters. The van der Waals surface area contributed by atoms with Gasteiger partial charge in [-0.1, -0.05) is 0 Å². The Morgan fingerprint density at radius 1 is 0.692 bits per heavy atom. The molecule has 2 rings (SSSR count). The minimum atomic E-state index is -0.950. The van der Waals surface area contributed by atoms with E-state index in [4.69, 9.17) is 22.4 Å². The Morgan fingerprint density at radius 2 is 1.00 bits per heavy atom. The van der Waals surface area contributed by atoms with Crippen molar-refractivity contribution in [2.24, 2.45) is 0 Å². The number of hydrogen-bond donors (Lipinski definition) is 0. The predicted octanol–water partition coefficient (Wildman–Crippen LogP) is 2.30. The number of hydrogen-bond acceptors (Lipinski definition) is 3. The summed E-state index contributed by atoms with van der Waals surface area (Å²) in [5.41, 5.74) is -0.652. The molecule has 0 aromatic heterocycles. The molecule has 2 aromatic carbocycles. The van der Waals surface area contributed by atoms with Crippen LogP contribution in [0.3, 0.4) is 0 Å². The summed E-state index contributed by atoms with van der Waals surface area (Å²) in [4.78, 5) is 0. The fraction of sp³-hybridized carbons (Fsp3) is 0. The number of benzene rings is 2. The molecule has 0 radical (unpaired) electrons. The van der Waals surface area contributed by atoms with E-state index in [2.05, 4.69) is 31.9 Å². The predicted molar refractivity (Wildman–Crippen MR) is 82.5 cm³/mol. The third-order valence-corrected chi connectivity index (χ3v) is 3.48. The summed E-state index contributed by atoms with van der Waals surface area (Å²) in [7, 11) is 0. The molecule has 0 bridgehead atoms. The third kappa shape index (κ3) is 8.97. The van der Waals surface area contributed by atoms with Gasteiger partial charge in [-0.25, -0.2) is 17.6 Å². The zero-order chi connectivity index (χ0) is 18.9. The van der Waals surface area contributed by atoms with Gasteiger partial charge in [-0.3, -0.25) is 0 Å². The Morgan fingerprint density at radius 3 is 1.27 bits per heavy atom. The molecule has 0 fully saturated rings. The van der Waals surface area contributed by atoms with Gasteiger partial charge in [0.2, 0.25) is 0 Å². The van der Waals surface area contributed by atoms with Gasteiger partial charge in [0.05, 0.1) is 20.1 Å². The van der Waals surface area contributed by atoms with E-state index in [1.165, 1.54) is 18.2 Å². The average Bonchev–Trinajstić information content (AvgIpc) is 2.56. The molecule has 3 nitrogen and oxygen atoms in total. The summed E-state index contributed by atoms with van der Waals surface area (Å²) >= 11 is 5.82. The summed E-state index contributed by atoms with van der Waals surface area (Å²) in [5.74, 6) is -3.09. The van der Waals surface area contributed by atoms with Gasteiger partial charge in [0.25, 0.3) is 0 Å². The first-order chi connectivity index (χ1) is 11.3. The van der Waals surface area contributed by atoms with Gasteiger partial charge in [0, 0.05) is 12.1 Å². The molecule has 0 aliphatic rings. The molecular formula is C15H4Br2CuF4IN3-. The summed E-state index contributed by atoms with van der Waals surface area (Å²) in [6.07, 6.45) is 0. The van der Waals surface area contributed by atoms with Crippen LogP contribution in [0.5, 0.6) is 0 Å². The van der Waals surface area contributed by atoms with Gasteiger partial charge < -0.3 is 35.8 Å². The van der Waals surface area contributed by atoms with E-state index in [1.807, 2.05) is 0 Å². The second-order valence-corrected chi connectivity index (χ2v) is 5.42. The van der Waals surface area contributed by atoms with Gasteiger partial charge >= 0.3 is 17.1 Å². The van der Waals surface area contributed by atoms with E-state index in [0.717, 1.165) is 12.1 Å². The summed E-state index contributed by atoms with van der Waals surface area (Å²) in [6.45, 7) is 4.75. The Bertz CT molecular complexity index is 766. The van der Waals surface area contributed by atoms with Crippen molar-refractivity contribution in [3.8, 4) is 12.1 Å². The van der Waals surface area contributed by atoms with E-state index < -0.39 is 23.3 Å². The van der Waals surface area contributed by atoms with Gasteiger partial charge in [0.1, 0.15) is 35.4 Å².